The number of rotatable bonds is 61. The van der Waals surface area contributed by atoms with Crippen LogP contribution in [-0.2, 0) is 23.7 Å². The average molecular weight is 1260 g/mol. The summed E-state index contributed by atoms with van der Waals surface area (Å²) in [6, 6.07) is -0.922. The number of aliphatic hydroxyl groups is 8. The third-order valence-corrected chi connectivity index (χ3v) is 18.0. The molecule has 0 aromatic rings. The highest BCUT2D eigenvalue weighted by atomic mass is 16.7. The molecule has 14 nitrogen and oxygen atoms in total. The summed E-state index contributed by atoms with van der Waals surface area (Å²) in [6.45, 7) is 2.72. The SMILES string of the molecule is CC/C=C\C/C=C\C/C=C\C/C=C\CCCCCCCCCCCCC(=O)NC(COC1OC(CO)C(OC2OC(CO)C(O)C(O)C2O)C(O)C1O)C(O)/C=C/CCCCCCCCCCCCCCCCCCCCCCCCCCCCCCCC. The van der Waals surface area contributed by atoms with E-state index in [1.165, 1.54) is 218 Å². The van der Waals surface area contributed by atoms with Crippen molar-refractivity contribution in [2.24, 2.45) is 0 Å². The molecule has 0 aromatic heterocycles. The third kappa shape index (κ3) is 43.3. The molecule has 0 spiro atoms. The number of amides is 1. The Morgan fingerprint density at radius 1 is 0.416 bits per heavy atom. The van der Waals surface area contributed by atoms with Crippen molar-refractivity contribution >= 4 is 5.91 Å². The number of hydrogen-bond donors (Lipinski definition) is 9. The van der Waals surface area contributed by atoms with Crippen molar-refractivity contribution in [2.45, 2.75) is 389 Å². The zero-order valence-corrected chi connectivity index (χ0v) is 56.7. The molecule has 14 heteroatoms. The summed E-state index contributed by atoms with van der Waals surface area (Å²) in [7, 11) is 0. The number of ether oxygens (including phenoxy) is 4. The van der Waals surface area contributed by atoms with Crippen LogP contribution in [0.5, 0.6) is 0 Å². The highest BCUT2D eigenvalue weighted by Crippen LogP contribution is 2.30. The Kier molecular flexibility index (Phi) is 55.3. The van der Waals surface area contributed by atoms with Gasteiger partial charge < -0.3 is 65.1 Å². The molecule has 1 amide bonds. The van der Waals surface area contributed by atoms with Crippen molar-refractivity contribution in [3.63, 3.8) is 0 Å². The van der Waals surface area contributed by atoms with Gasteiger partial charge in [0.05, 0.1) is 32.0 Å². The van der Waals surface area contributed by atoms with E-state index in [2.05, 4.69) is 67.8 Å². The highest BCUT2D eigenvalue weighted by molar-refractivity contribution is 5.76. The van der Waals surface area contributed by atoms with Crippen molar-refractivity contribution in [3.8, 4) is 0 Å². The van der Waals surface area contributed by atoms with E-state index < -0.39 is 86.8 Å². The van der Waals surface area contributed by atoms with Crippen LogP contribution >= 0.6 is 0 Å². The van der Waals surface area contributed by atoms with Crippen molar-refractivity contribution in [1.29, 1.82) is 0 Å². The van der Waals surface area contributed by atoms with Gasteiger partial charge in [-0.3, -0.25) is 4.79 Å². The van der Waals surface area contributed by atoms with Crippen LogP contribution in [0.1, 0.15) is 316 Å². The van der Waals surface area contributed by atoms with Gasteiger partial charge in [0.15, 0.2) is 12.6 Å². The van der Waals surface area contributed by atoms with E-state index in [0.717, 1.165) is 70.6 Å². The molecular formula is C75H137NO13. The van der Waals surface area contributed by atoms with Crippen LogP contribution in [0, 0.1) is 0 Å². The smallest absolute Gasteiger partial charge is 0.220 e. The van der Waals surface area contributed by atoms with Gasteiger partial charge in [0.2, 0.25) is 5.91 Å². The summed E-state index contributed by atoms with van der Waals surface area (Å²) in [5.74, 6) is -0.242. The van der Waals surface area contributed by atoms with Crippen LogP contribution in [-0.4, -0.2) is 140 Å². The zero-order valence-electron chi connectivity index (χ0n) is 56.7. The molecular weight excluding hydrogens is 1120 g/mol. The monoisotopic (exact) mass is 1260 g/mol. The Bertz CT molecular complexity index is 1720. The number of unbranched alkanes of at least 4 members (excludes halogenated alkanes) is 40. The van der Waals surface area contributed by atoms with E-state index in [-0.39, 0.29) is 18.9 Å². The number of nitrogens with one attached hydrogen (secondary N) is 1. The molecule has 0 radical (unpaired) electrons. The molecule has 2 saturated heterocycles. The normalized spacial score (nSPS) is 23.3. The van der Waals surface area contributed by atoms with E-state index in [1.54, 1.807) is 6.08 Å². The van der Waals surface area contributed by atoms with Gasteiger partial charge in [-0.25, -0.2) is 0 Å². The molecule has 0 bridgehead atoms. The fourth-order valence-electron chi connectivity index (χ4n) is 12.1. The van der Waals surface area contributed by atoms with Crippen molar-refractivity contribution in [1.82, 2.24) is 5.32 Å². The quantitative estimate of drug-likeness (QED) is 0.0204. The molecule has 2 aliphatic heterocycles. The topological polar surface area (TPSA) is 228 Å². The Morgan fingerprint density at radius 3 is 1.19 bits per heavy atom. The van der Waals surface area contributed by atoms with Crippen molar-refractivity contribution in [2.75, 3.05) is 19.8 Å². The number of hydrogen-bond acceptors (Lipinski definition) is 13. The Labute approximate surface area is 543 Å². The Morgan fingerprint density at radius 2 is 0.775 bits per heavy atom. The molecule has 9 N–H and O–H groups in total. The van der Waals surface area contributed by atoms with E-state index in [4.69, 9.17) is 18.9 Å². The maximum absolute atomic E-state index is 13.3. The lowest BCUT2D eigenvalue weighted by Gasteiger charge is -2.46. The van der Waals surface area contributed by atoms with E-state index in [9.17, 15) is 45.6 Å². The second-order valence-corrected chi connectivity index (χ2v) is 26.0. The molecule has 2 fully saturated rings. The van der Waals surface area contributed by atoms with Crippen LogP contribution < -0.4 is 5.32 Å². The van der Waals surface area contributed by atoms with Gasteiger partial charge in [0.1, 0.15) is 48.8 Å². The maximum atomic E-state index is 13.3. The first-order valence-corrected chi connectivity index (χ1v) is 37.0. The maximum Gasteiger partial charge on any atom is 0.220 e. The summed E-state index contributed by atoms with van der Waals surface area (Å²) < 4.78 is 22.9. The number of carbonyl (C=O) groups excluding carboxylic acids is 1. The van der Waals surface area contributed by atoms with Gasteiger partial charge in [0, 0.05) is 6.42 Å². The molecule has 2 heterocycles. The van der Waals surface area contributed by atoms with Gasteiger partial charge >= 0.3 is 0 Å². The van der Waals surface area contributed by atoms with E-state index in [0.29, 0.717) is 6.42 Å². The lowest BCUT2D eigenvalue weighted by molar-refractivity contribution is -0.359. The summed E-state index contributed by atoms with van der Waals surface area (Å²) in [5, 5.41) is 87.5. The summed E-state index contributed by atoms with van der Waals surface area (Å²) in [5.41, 5.74) is 0. The van der Waals surface area contributed by atoms with Gasteiger partial charge in [-0.2, -0.15) is 0 Å². The summed E-state index contributed by atoms with van der Waals surface area (Å²) in [6.07, 6.45) is 62.8. The lowest BCUT2D eigenvalue weighted by atomic mass is 9.97. The first-order chi connectivity index (χ1) is 43.6. The molecule has 520 valence electrons. The molecule has 89 heavy (non-hydrogen) atoms. The first-order valence-electron chi connectivity index (χ1n) is 37.0. The number of allylic oxidation sites excluding steroid dienone is 9. The van der Waals surface area contributed by atoms with Gasteiger partial charge in [0.25, 0.3) is 0 Å². The zero-order chi connectivity index (χ0) is 64.5. The van der Waals surface area contributed by atoms with Crippen LogP contribution in [0.2, 0.25) is 0 Å². The fourth-order valence-corrected chi connectivity index (χ4v) is 12.1. The van der Waals surface area contributed by atoms with Crippen LogP contribution in [0.25, 0.3) is 0 Å². The average Bonchev–Trinajstić information content (AvgIpc) is 3.63. The minimum atomic E-state index is -1.79. The predicted octanol–water partition coefficient (Wildman–Crippen LogP) is 15.6. The third-order valence-electron chi connectivity index (χ3n) is 18.0. The number of carbonyl (C=O) groups is 1. The molecule has 0 aliphatic carbocycles. The minimum Gasteiger partial charge on any atom is -0.394 e. The van der Waals surface area contributed by atoms with Crippen LogP contribution in [0.3, 0.4) is 0 Å². The molecule has 0 saturated carbocycles. The fraction of sp³-hybridized carbons (Fsp3) is 0.853. The van der Waals surface area contributed by atoms with Crippen molar-refractivity contribution < 1.29 is 64.6 Å². The number of aliphatic hydroxyl groups excluding tert-OH is 8. The molecule has 0 aromatic carbocycles. The Balaban J connectivity index is 1.65. The molecule has 12 unspecified atom stereocenters. The minimum absolute atomic E-state index is 0.242. The van der Waals surface area contributed by atoms with Gasteiger partial charge in [-0.1, -0.05) is 312 Å². The predicted molar refractivity (Wildman–Crippen MR) is 364 cm³/mol. The largest absolute Gasteiger partial charge is 0.394 e. The van der Waals surface area contributed by atoms with E-state index >= 15 is 0 Å². The molecule has 12 atom stereocenters. The van der Waals surface area contributed by atoms with Gasteiger partial charge in [-0.05, 0) is 57.8 Å². The second-order valence-electron chi connectivity index (χ2n) is 26.0. The second kappa shape index (κ2) is 59.4. The van der Waals surface area contributed by atoms with Crippen LogP contribution in [0.15, 0.2) is 60.8 Å². The molecule has 2 aliphatic rings. The van der Waals surface area contributed by atoms with Crippen LogP contribution in [0.4, 0.5) is 0 Å². The summed E-state index contributed by atoms with van der Waals surface area (Å²) >= 11 is 0. The van der Waals surface area contributed by atoms with E-state index in [1.807, 2.05) is 6.08 Å². The standard InChI is InChI=1S/C75H137NO13/c1-3-5-7-9-11-13-15-17-19-21-23-25-27-28-29-30-31-32-33-34-35-37-38-40-42-44-46-48-50-52-54-56-58-64(79)63(62-86-74-72(85)70(83)73(66(61-78)88-74)89-75-71(84)69(82)68(81)65(60-77)87-75)76-67(80)59-57-55-53-51-49-47-45-43-41-39-36-26-24-22-20-18-16-14-12-10-8-6-4-2/h6,8,12,14,18,20,24,26,56,58,63-66,68-75,77-79,81-85H,3-5,7,9-11,13,15-17,19,21-23,25,27-55,57,59-62H2,1-2H3,(H,76,80)/b8-6-,14-12-,20-18-,26-24-,58-56+. The summed E-state index contributed by atoms with van der Waals surface area (Å²) in [4.78, 5) is 13.3. The Hall–Kier alpha value is -2.31. The van der Waals surface area contributed by atoms with Gasteiger partial charge in [-0.15, -0.1) is 0 Å². The highest BCUT2D eigenvalue weighted by Gasteiger charge is 2.51. The van der Waals surface area contributed by atoms with Crippen molar-refractivity contribution in [3.05, 3.63) is 60.8 Å². The molecule has 2 rings (SSSR count). The first kappa shape index (κ1) is 82.8. The lowest BCUT2D eigenvalue weighted by Crippen LogP contribution is -2.65.